The molecule has 1 heterocycles. The van der Waals surface area contributed by atoms with Crippen molar-refractivity contribution >= 4 is 10.8 Å². The Bertz CT molecular complexity index is 2420. The smallest absolute Gasteiger partial charge is 0.164 e. The fourth-order valence-corrected chi connectivity index (χ4v) is 10.9. The molecule has 7 aromatic rings. The van der Waals surface area contributed by atoms with E-state index in [2.05, 4.69) is 121 Å². The van der Waals surface area contributed by atoms with Gasteiger partial charge in [-0.1, -0.05) is 127 Å². The second-order valence-electron chi connectivity index (χ2n) is 15.3. The Hall–Kier alpha value is -5.41. The van der Waals surface area contributed by atoms with E-state index in [1.54, 1.807) is 11.1 Å². The predicted molar refractivity (Wildman–Crippen MR) is 202 cm³/mol. The van der Waals surface area contributed by atoms with Crippen molar-refractivity contribution in [2.24, 2.45) is 23.7 Å². The van der Waals surface area contributed by atoms with Crippen LogP contribution in [0.2, 0.25) is 0 Å². The van der Waals surface area contributed by atoms with Gasteiger partial charge in [0.1, 0.15) is 0 Å². The SMILES string of the molecule is c1ccc(-c2cccc(-c3nc(-c4ccccc4)nc(-c4ccc5c6c(ccc5c4)-c4ccccc4C64C5CC6CC(C5)CC4C6)n3)c2)cc1. The molecule has 1 aromatic heterocycles. The van der Waals surface area contributed by atoms with Gasteiger partial charge in [-0.25, -0.2) is 15.0 Å². The maximum Gasteiger partial charge on any atom is 0.164 e. The van der Waals surface area contributed by atoms with Crippen molar-refractivity contribution in [2.75, 3.05) is 0 Å². The molecule has 0 radical (unpaired) electrons. The summed E-state index contributed by atoms with van der Waals surface area (Å²) in [5, 5.41) is 2.68. The Morgan fingerprint density at radius 2 is 1.00 bits per heavy atom. The number of nitrogens with zero attached hydrogens (tertiary/aromatic N) is 3. The van der Waals surface area contributed by atoms with Gasteiger partial charge >= 0.3 is 0 Å². The highest BCUT2D eigenvalue weighted by atomic mass is 15.0. The summed E-state index contributed by atoms with van der Waals surface area (Å²) in [7, 11) is 0. The summed E-state index contributed by atoms with van der Waals surface area (Å²) < 4.78 is 0. The van der Waals surface area contributed by atoms with Crippen LogP contribution in [0.15, 0.2) is 140 Å². The lowest BCUT2D eigenvalue weighted by Crippen LogP contribution is -2.55. The third-order valence-electron chi connectivity index (χ3n) is 12.7. The van der Waals surface area contributed by atoms with Crippen LogP contribution in [-0.2, 0) is 5.41 Å². The van der Waals surface area contributed by atoms with Crippen molar-refractivity contribution in [3.63, 3.8) is 0 Å². The fourth-order valence-electron chi connectivity index (χ4n) is 10.9. The summed E-state index contributed by atoms with van der Waals surface area (Å²) in [6.45, 7) is 0. The average molecular weight is 644 g/mol. The van der Waals surface area contributed by atoms with E-state index in [1.165, 1.54) is 59.6 Å². The number of fused-ring (bicyclic) bond motifs is 5. The van der Waals surface area contributed by atoms with Gasteiger partial charge in [-0.15, -0.1) is 0 Å². The van der Waals surface area contributed by atoms with Crippen molar-refractivity contribution in [3.8, 4) is 56.4 Å². The van der Waals surface area contributed by atoms with Crippen LogP contribution in [0.5, 0.6) is 0 Å². The van der Waals surface area contributed by atoms with Crippen molar-refractivity contribution in [2.45, 2.75) is 37.5 Å². The molecule has 6 aromatic carbocycles. The second kappa shape index (κ2) is 10.8. The lowest BCUT2D eigenvalue weighted by atomic mass is 9.43. The van der Waals surface area contributed by atoms with E-state index in [1.807, 2.05) is 18.2 Å². The van der Waals surface area contributed by atoms with Gasteiger partial charge < -0.3 is 0 Å². The van der Waals surface area contributed by atoms with Gasteiger partial charge in [0.05, 0.1) is 0 Å². The van der Waals surface area contributed by atoms with E-state index in [-0.39, 0.29) is 5.41 Å². The van der Waals surface area contributed by atoms with E-state index in [0.717, 1.165) is 45.9 Å². The normalized spacial score (nSPS) is 24.1. The van der Waals surface area contributed by atoms with Gasteiger partial charge in [0.2, 0.25) is 0 Å². The molecule has 5 aliphatic rings. The molecular formula is C47H37N3. The molecule has 0 aliphatic heterocycles. The quantitative estimate of drug-likeness (QED) is 0.192. The highest BCUT2D eigenvalue weighted by Crippen LogP contribution is 2.70. The molecule has 0 unspecified atom stereocenters. The van der Waals surface area contributed by atoms with Crippen LogP contribution in [0.3, 0.4) is 0 Å². The van der Waals surface area contributed by atoms with Gasteiger partial charge in [0.25, 0.3) is 0 Å². The van der Waals surface area contributed by atoms with Crippen molar-refractivity contribution in [3.05, 3.63) is 151 Å². The molecule has 0 amide bonds. The molecule has 4 bridgehead atoms. The highest BCUT2D eigenvalue weighted by molar-refractivity contribution is 5.99. The van der Waals surface area contributed by atoms with E-state index in [9.17, 15) is 0 Å². The molecular weight excluding hydrogens is 607 g/mol. The molecule has 0 atom stereocenters. The lowest BCUT2D eigenvalue weighted by molar-refractivity contribution is -0.0393. The summed E-state index contributed by atoms with van der Waals surface area (Å²) in [4.78, 5) is 15.3. The van der Waals surface area contributed by atoms with Gasteiger partial charge in [-0.2, -0.15) is 0 Å². The van der Waals surface area contributed by atoms with Crippen molar-refractivity contribution in [1.29, 1.82) is 0 Å². The van der Waals surface area contributed by atoms with Crippen LogP contribution >= 0.6 is 0 Å². The Morgan fingerprint density at radius 1 is 0.420 bits per heavy atom. The monoisotopic (exact) mass is 643 g/mol. The topological polar surface area (TPSA) is 38.7 Å². The second-order valence-corrected chi connectivity index (χ2v) is 15.3. The molecule has 240 valence electrons. The van der Waals surface area contributed by atoms with E-state index < -0.39 is 0 Å². The summed E-state index contributed by atoms with van der Waals surface area (Å²) in [6.07, 6.45) is 7.01. The van der Waals surface area contributed by atoms with E-state index in [4.69, 9.17) is 15.0 Å². The number of hydrogen-bond acceptors (Lipinski definition) is 3. The van der Waals surface area contributed by atoms with Gasteiger partial charge in [-0.3, -0.25) is 0 Å². The molecule has 3 nitrogen and oxygen atoms in total. The first-order valence-corrected chi connectivity index (χ1v) is 18.4. The number of rotatable bonds is 4. The van der Waals surface area contributed by atoms with E-state index >= 15 is 0 Å². The number of benzene rings is 6. The molecule has 5 aliphatic carbocycles. The number of hydrogen-bond donors (Lipinski definition) is 0. The predicted octanol–water partition coefficient (Wildman–Crippen LogP) is 11.4. The Balaban J connectivity index is 1.08. The molecule has 0 saturated heterocycles. The van der Waals surface area contributed by atoms with Crippen LogP contribution in [0.25, 0.3) is 67.2 Å². The zero-order chi connectivity index (χ0) is 32.8. The molecule has 12 rings (SSSR count). The van der Waals surface area contributed by atoms with Crippen LogP contribution < -0.4 is 0 Å². The third-order valence-corrected chi connectivity index (χ3v) is 12.7. The maximum absolute atomic E-state index is 5.17. The minimum absolute atomic E-state index is 0.130. The van der Waals surface area contributed by atoms with Crippen LogP contribution in [0.4, 0.5) is 0 Å². The average Bonchev–Trinajstić information content (AvgIpc) is 3.48. The Labute approximate surface area is 293 Å². The van der Waals surface area contributed by atoms with Crippen LogP contribution in [-0.4, -0.2) is 15.0 Å². The molecule has 1 spiro atoms. The third kappa shape index (κ3) is 4.13. The molecule has 3 heteroatoms. The highest BCUT2D eigenvalue weighted by Gasteiger charge is 2.61. The first kappa shape index (κ1) is 28.4. The summed E-state index contributed by atoms with van der Waals surface area (Å²) >= 11 is 0. The first-order valence-electron chi connectivity index (χ1n) is 18.4. The zero-order valence-corrected chi connectivity index (χ0v) is 28.0. The van der Waals surface area contributed by atoms with Crippen LogP contribution in [0.1, 0.15) is 43.2 Å². The summed E-state index contributed by atoms with van der Waals surface area (Å²) in [5.74, 6) is 5.39. The minimum atomic E-state index is 0.130. The summed E-state index contributed by atoms with van der Waals surface area (Å²) in [5.41, 5.74) is 11.6. The molecule has 4 saturated carbocycles. The van der Waals surface area contributed by atoms with Gasteiger partial charge in [0, 0.05) is 22.1 Å². The number of aromatic nitrogens is 3. The van der Waals surface area contributed by atoms with Gasteiger partial charge in [0.15, 0.2) is 17.5 Å². The largest absolute Gasteiger partial charge is 0.208 e. The van der Waals surface area contributed by atoms with E-state index in [0.29, 0.717) is 17.5 Å². The standard InChI is InChI=1S/C47H37N3/c1-3-10-31(11-4-1)33-14-9-15-35(27-33)45-48-44(32-12-5-2-6-13-32)49-46(50-45)36-19-20-39-34(28-36)18-21-41-40-16-7-8-17-42(40)47(43(39)41)37-23-29-22-30(25-37)26-38(47)24-29/h1-21,27-30,37-38H,22-26H2. The van der Waals surface area contributed by atoms with Crippen molar-refractivity contribution < 1.29 is 0 Å². The Kier molecular flexibility index (Phi) is 6.14. The first-order chi connectivity index (χ1) is 24.7. The maximum atomic E-state index is 5.17. The summed E-state index contributed by atoms with van der Waals surface area (Å²) in [6, 6.07) is 50.5. The molecule has 50 heavy (non-hydrogen) atoms. The fraction of sp³-hybridized carbons (Fsp3) is 0.213. The van der Waals surface area contributed by atoms with Gasteiger partial charge in [-0.05, 0) is 112 Å². The molecule has 4 fully saturated rings. The minimum Gasteiger partial charge on any atom is -0.208 e. The van der Waals surface area contributed by atoms with Crippen LogP contribution in [0, 0.1) is 23.7 Å². The van der Waals surface area contributed by atoms with Crippen molar-refractivity contribution in [1.82, 2.24) is 15.0 Å². The Morgan fingerprint density at radius 3 is 1.72 bits per heavy atom. The zero-order valence-electron chi connectivity index (χ0n) is 28.0. The molecule has 0 N–H and O–H groups in total. The lowest BCUT2D eigenvalue weighted by Gasteiger charge is -2.61.